The number of urea groups is 1. The van der Waals surface area contributed by atoms with Gasteiger partial charge >= 0.3 is 12.0 Å². The van der Waals surface area contributed by atoms with Crippen molar-refractivity contribution in [2.45, 2.75) is 56.9 Å². The van der Waals surface area contributed by atoms with Gasteiger partial charge in [0.1, 0.15) is 0 Å². The lowest BCUT2D eigenvalue weighted by molar-refractivity contribution is -0.149. The summed E-state index contributed by atoms with van der Waals surface area (Å²) in [6.45, 7) is -0.535. The molecule has 0 aromatic carbocycles. The van der Waals surface area contributed by atoms with Crippen molar-refractivity contribution in [3.63, 3.8) is 0 Å². The predicted octanol–water partition coefficient (Wildman–Crippen LogP) is 1.15. The van der Waals surface area contributed by atoms with E-state index in [1.807, 2.05) is 0 Å². The molecule has 4 saturated carbocycles. The zero-order chi connectivity index (χ0) is 19.9. The Bertz CT molecular complexity index is 742. The molecule has 28 heavy (non-hydrogen) atoms. The van der Waals surface area contributed by atoms with Crippen molar-refractivity contribution in [1.82, 2.24) is 10.6 Å². The van der Waals surface area contributed by atoms with Gasteiger partial charge in [0, 0.05) is 12.0 Å². The number of amides is 3. The first-order valence-corrected chi connectivity index (χ1v) is 12.0. The molecule has 1 aliphatic heterocycles. The standard InChI is InChI=1S/C19H28N2O6S/c22-16(10-27-17(23)6-12-1-2-28(25,26)11-12)20-18(24)21-19-7-13-3-14(8-19)5-15(4-13)9-19/h12-15H,1-11H2,(H2,20,21,22,24)/t12-,13?,14?,15?,19?/m1/s1. The number of carbonyl (C=O) groups excluding carboxylic acids is 3. The van der Waals surface area contributed by atoms with Crippen molar-refractivity contribution < 1.29 is 27.5 Å². The van der Waals surface area contributed by atoms with Crippen LogP contribution in [0.2, 0.25) is 0 Å². The number of esters is 1. The smallest absolute Gasteiger partial charge is 0.321 e. The van der Waals surface area contributed by atoms with Crippen LogP contribution in [0.3, 0.4) is 0 Å². The van der Waals surface area contributed by atoms with Crippen LogP contribution in [0.4, 0.5) is 4.79 Å². The van der Waals surface area contributed by atoms with Crippen LogP contribution in [0.15, 0.2) is 0 Å². The Morgan fingerprint density at radius 2 is 1.61 bits per heavy atom. The molecule has 2 N–H and O–H groups in total. The van der Waals surface area contributed by atoms with E-state index in [0.29, 0.717) is 24.2 Å². The normalized spacial score (nSPS) is 37.4. The average Bonchev–Trinajstić information content (AvgIpc) is 2.89. The van der Waals surface area contributed by atoms with Gasteiger partial charge in [-0.2, -0.15) is 0 Å². The minimum atomic E-state index is -3.05. The van der Waals surface area contributed by atoms with Crippen LogP contribution < -0.4 is 10.6 Å². The summed E-state index contributed by atoms with van der Waals surface area (Å²) >= 11 is 0. The minimum absolute atomic E-state index is 0.0121. The molecule has 9 heteroatoms. The van der Waals surface area contributed by atoms with Crippen LogP contribution >= 0.6 is 0 Å². The monoisotopic (exact) mass is 412 g/mol. The Morgan fingerprint density at radius 1 is 1.00 bits per heavy atom. The van der Waals surface area contributed by atoms with Crippen molar-refractivity contribution in [2.24, 2.45) is 23.7 Å². The predicted molar refractivity (Wildman–Crippen MR) is 99.9 cm³/mol. The third-order valence-corrected chi connectivity index (χ3v) is 8.65. The van der Waals surface area contributed by atoms with Crippen LogP contribution in [0, 0.1) is 23.7 Å². The van der Waals surface area contributed by atoms with Crippen LogP contribution in [-0.2, 0) is 24.2 Å². The van der Waals surface area contributed by atoms with Gasteiger partial charge < -0.3 is 10.1 Å². The first kappa shape index (κ1) is 19.7. The minimum Gasteiger partial charge on any atom is -0.456 e. The summed E-state index contributed by atoms with van der Waals surface area (Å²) < 4.78 is 27.7. The number of ether oxygens (including phenoxy) is 1. The van der Waals surface area contributed by atoms with Gasteiger partial charge in [-0.1, -0.05) is 0 Å². The van der Waals surface area contributed by atoms with E-state index in [2.05, 4.69) is 10.6 Å². The maximum absolute atomic E-state index is 12.3. The van der Waals surface area contributed by atoms with E-state index in [0.717, 1.165) is 19.3 Å². The third kappa shape index (κ3) is 4.50. The second kappa shape index (κ2) is 7.31. The SMILES string of the molecule is O=C(COC(=O)C[C@H]1CCS(=O)(=O)C1)NC(=O)NC12CC3CC(CC(C3)C1)C2. The molecule has 5 aliphatic rings. The summed E-state index contributed by atoms with van der Waals surface area (Å²) in [5.41, 5.74) is -0.191. The van der Waals surface area contributed by atoms with E-state index < -0.39 is 34.4 Å². The van der Waals surface area contributed by atoms with Gasteiger partial charge in [0.25, 0.3) is 5.91 Å². The lowest BCUT2D eigenvalue weighted by Gasteiger charge is -2.56. The van der Waals surface area contributed by atoms with E-state index in [-0.39, 0.29) is 29.4 Å². The highest BCUT2D eigenvalue weighted by Crippen LogP contribution is 2.55. The van der Waals surface area contributed by atoms with E-state index >= 15 is 0 Å². The molecular formula is C19H28N2O6S. The summed E-state index contributed by atoms with van der Waals surface area (Å²) in [5.74, 6) is 0.596. The Kier molecular flexibility index (Phi) is 5.14. The highest BCUT2D eigenvalue weighted by atomic mass is 32.2. The van der Waals surface area contributed by atoms with Gasteiger partial charge in [0.2, 0.25) is 0 Å². The highest BCUT2D eigenvalue weighted by Gasteiger charge is 2.51. The Morgan fingerprint density at radius 3 is 2.14 bits per heavy atom. The van der Waals surface area contributed by atoms with Crippen molar-refractivity contribution in [2.75, 3.05) is 18.1 Å². The summed E-state index contributed by atoms with van der Waals surface area (Å²) in [6, 6.07) is -0.523. The van der Waals surface area contributed by atoms with Gasteiger partial charge in [0.05, 0.1) is 11.5 Å². The molecule has 1 atom stereocenters. The fourth-order valence-electron chi connectivity index (χ4n) is 6.17. The zero-order valence-electron chi connectivity index (χ0n) is 15.9. The highest BCUT2D eigenvalue weighted by molar-refractivity contribution is 7.91. The van der Waals surface area contributed by atoms with Crippen LogP contribution in [0.5, 0.6) is 0 Å². The quantitative estimate of drug-likeness (QED) is 0.654. The topological polar surface area (TPSA) is 119 Å². The molecule has 0 aromatic heterocycles. The van der Waals surface area contributed by atoms with E-state index in [4.69, 9.17) is 4.74 Å². The molecule has 1 heterocycles. The fourth-order valence-corrected chi connectivity index (χ4v) is 8.03. The summed E-state index contributed by atoms with van der Waals surface area (Å²) in [6.07, 6.45) is 7.17. The number of hydrogen-bond acceptors (Lipinski definition) is 6. The molecule has 8 nitrogen and oxygen atoms in total. The van der Waals surface area contributed by atoms with Gasteiger partial charge in [-0.15, -0.1) is 0 Å². The number of imide groups is 1. The molecule has 4 aliphatic carbocycles. The second-order valence-electron chi connectivity index (χ2n) is 9.33. The lowest BCUT2D eigenvalue weighted by Crippen LogP contribution is -2.62. The molecule has 0 radical (unpaired) electrons. The van der Waals surface area contributed by atoms with Gasteiger partial charge in [-0.25, -0.2) is 13.2 Å². The number of nitrogens with one attached hydrogen (secondary N) is 2. The van der Waals surface area contributed by atoms with E-state index in [1.54, 1.807) is 0 Å². The molecule has 156 valence electrons. The van der Waals surface area contributed by atoms with Gasteiger partial charge in [0.15, 0.2) is 16.4 Å². The molecule has 5 fully saturated rings. The largest absolute Gasteiger partial charge is 0.456 e. The maximum Gasteiger partial charge on any atom is 0.321 e. The molecule has 5 rings (SSSR count). The first-order chi connectivity index (χ1) is 13.2. The van der Waals surface area contributed by atoms with E-state index in [1.165, 1.54) is 19.3 Å². The lowest BCUT2D eigenvalue weighted by atomic mass is 9.53. The zero-order valence-corrected chi connectivity index (χ0v) is 16.8. The van der Waals surface area contributed by atoms with Crippen LogP contribution in [-0.4, -0.2) is 50.0 Å². The molecule has 0 aromatic rings. The molecule has 3 amide bonds. The number of sulfone groups is 1. The van der Waals surface area contributed by atoms with Crippen molar-refractivity contribution in [3.05, 3.63) is 0 Å². The van der Waals surface area contributed by atoms with Crippen molar-refractivity contribution in [3.8, 4) is 0 Å². The van der Waals surface area contributed by atoms with Crippen LogP contribution in [0.25, 0.3) is 0 Å². The van der Waals surface area contributed by atoms with Gasteiger partial charge in [-0.3, -0.25) is 14.9 Å². The fraction of sp³-hybridized carbons (Fsp3) is 0.842. The number of carbonyl (C=O) groups is 3. The molecular weight excluding hydrogens is 384 g/mol. The number of rotatable bonds is 5. The third-order valence-electron chi connectivity index (χ3n) is 6.82. The average molecular weight is 413 g/mol. The second-order valence-corrected chi connectivity index (χ2v) is 11.6. The first-order valence-electron chi connectivity index (χ1n) is 10.2. The van der Waals surface area contributed by atoms with E-state index in [9.17, 15) is 22.8 Å². The Hall–Kier alpha value is -1.64. The molecule has 0 unspecified atom stereocenters. The number of hydrogen-bond donors (Lipinski definition) is 2. The summed E-state index contributed by atoms with van der Waals surface area (Å²) in [5, 5.41) is 5.29. The maximum atomic E-state index is 12.3. The summed E-state index contributed by atoms with van der Waals surface area (Å²) in [4.78, 5) is 36.0. The molecule has 4 bridgehead atoms. The Labute approximate surface area is 165 Å². The van der Waals surface area contributed by atoms with Gasteiger partial charge in [-0.05, 0) is 68.6 Å². The van der Waals surface area contributed by atoms with Crippen LogP contribution in [0.1, 0.15) is 51.4 Å². The van der Waals surface area contributed by atoms with Crippen molar-refractivity contribution >= 4 is 27.7 Å². The Balaban J connectivity index is 1.19. The summed E-state index contributed by atoms with van der Waals surface area (Å²) in [7, 11) is -3.05. The molecule has 0 spiro atoms. The molecule has 1 saturated heterocycles. The van der Waals surface area contributed by atoms with Crippen molar-refractivity contribution in [1.29, 1.82) is 0 Å².